The molecule has 0 unspecified atom stereocenters. The second-order valence-electron chi connectivity index (χ2n) is 6.27. The molecule has 3 rings (SSSR count). The van der Waals surface area contributed by atoms with Crippen LogP contribution in [-0.4, -0.2) is 40.4 Å². The van der Waals surface area contributed by atoms with Crippen LogP contribution in [-0.2, 0) is 16.6 Å². The molecule has 0 radical (unpaired) electrons. The first kappa shape index (κ1) is 20.7. The maximum atomic E-state index is 11.9. The molecule has 0 atom stereocenters. The zero-order valence-corrected chi connectivity index (χ0v) is 16.7. The van der Waals surface area contributed by atoms with Crippen molar-refractivity contribution in [2.45, 2.75) is 6.92 Å². The lowest BCUT2D eigenvalue weighted by atomic mass is 10.2. The van der Waals surface area contributed by atoms with Gasteiger partial charge in [0.15, 0.2) is 18.2 Å². The Morgan fingerprint density at radius 3 is 2.40 bits per heavy atom. The Bertz CT molecular complexity index is 1110. The Hall–Kier alpha value is -3.99. The van der Waals surface area contributed by atoms with Crippen LogP contribution in [0.15, 0.2) is 54.3 Å². The number of para-hydroxylation sites is 2. The minimum atomic E-state index is -0.683. The highest BCUT2D eigenvalue weighted by Crippen LogP contribution is 2.22. The Balaban J connectivity index is 1.61. The summed E-state index contributed by atoms with van der Waals surface area (Å²) in [5, 5.41) is 19.8. The molecule has 1 N–H and O–H groups in total. The van der Waals surface area contributed by atoms with Crippen molar-refractivity contribution >= 4 is 22.6 Å². The summed E-state index contributed by atoms with van der Waals surface area (Å²) in [4.78, 5) is 16.3. The standard InChI is InChI=1S/C22H21N3O5/c1-3-28-15-8-10-16(11-9-15)29-14-21(27)30-13-20(26)17(12-23)22-24-18-6-4-5-7-19(18)25(22)2/h4-11,26H,3,13-14H2,1-2H3/b20-17-. The van der Waals surface area contributed by atoms with Crippen LogP contribution in [0.4, 0.5) is 0 Å². The smallest absolute Gasteiger partial charge is 0.344 e. The largest absolute Gasteiger partial charge is 0.507 e. The summed E-state index contributed by atoms with van der Waals surface area (Å²) in [6, 6.07) is 16.1. The van der Waals surface area contributed by atoms with Gasteiger partial charge in [-0.1, -0.05) is 12.1 Å². The number of carbonyl (C=O) groups excluding carboxylic acids is 1. The van der Waals surface area contributed by atoms with Crippen LogP contribution in [0, 0.1) is 11.3 Å². The molecule has 0 saturated carbocycles. The molecule has 0 bridgehead atoms. The van der Waals surface area contributed by atoms with E-state index in [2.05, 4.69) is 4.98 Å². The van der Waals surface area contributed by atoms with Gasteiger partial charge >= 0.3 is 5.97 Å². The molecule has 0 amide bonds. The van der Waals surface area contributed by atoms with E-state index in [0.717, 1.165) is 5.52 Å². The summed E-state index contributed by atoms with van der Waals surface area (Å²) in [6.07, 6.45) is 0. The molecule has 1 aromatic heterocycles. The summed E-state index contributed by atoms with van der Waals surface area (Å²) in [7, 11) is 1.74. The van der Waals surface area contributed by atoms with Crippen molar-refractivity contribution in [2.75, 3.05) is 19.8 Å². The van der Waals surface area contributed by atoms with Crippen molar-refractivity contribution in [3.05, 3.63) is 60.1 Å². The number of aryl methyl sites for hydroxylation is 1. The summed E-state index contributed by atoms with van der Waals surface area (Å²) < 4.78 is 17.4. The molecular weight excluding hydrogens is 386 g/mol. The lowest BCUT2D eigenvalue weighted by Crippen LogP contribution is -2.17. The molecule has 8 nitrogen and oxygen atoms in total. The lowest BCUT2D eigenvalue weighted by molar-refractivity contribution is -0.145. The van der Waals surface area contributed by atoms with Crippen molar-refractivity contribution in [2.24, 2.45) is 7.05 Å². The predicted octanol–water partition coefficient (Wildman–Crippen LogP) is 3.39. The van der Waals surface area contributed by atoms with Gasteiger partial charge in [-0.3, -0.25) is 0 Å². The summed E-state index contributed by atoms with van der Waals surface area (Å²) in [5.41, 5.74) is 1.44. The van der Waals surface area contributed by atoms with E-state index in [4.69, 9.17) is 14.2 Å². The van der Waals surface area contributed by atoms with Crippen LogP contribution in [0.25, 0.3) is 16.6 Å². The van der Waals surface area contributed by atoms with Crippen LogP contribution in [0.2, 0.25) is 0 Å². The maximum absolute atomic E-state index is 11.9. The van der Waals surface area contributed by atoms with Crippen LogP contribution < -0.4 is 9.47 Å². The molecule has 3 aromatic rings. The van der Waals surface area contributed by atoms with Gasteiger partial charge in [0.2, 0.25) is 0 Å². The average Bonchev–Trinajstić information content (AvgIpc) is 3.09. The van der Waals surface area contributed by atoms with E-state index in [9.17, 15) is 15.2 Å². The average molecular weight is 407 g/mol. The molecule has 0 saturated heterocycles. The molecule has 0 spiro atoms. The van der Waals surface area contributed by atoms with Gasteiger partial charge in [0.1, 0.15) is 29.7 Å². The highest BCUT2D eigenvalue weighted by atomic mass is 16.6. The van der Waals surface area contributed by atoms with Gasteiger partial charge in [-0.15, -0.1) is 0 Å². The molecule has 0 aliphatic carbocycles. The number of hydrogen-bond donors (Lipinski definition) is 1. The zero-order chi connectivity index (χ0) is 21.5. The van der Waals surface area contributed by atoms with Gasteiger partial charge in [-0.25, -0.2) is 9.78 Å². The quantitative estimate of drug-likeness (QED) is 0.346. The minimum absolute atomic E-state index is 0.0612. The van der Waals surface area contributed by atoms with E-state index in [1.165, 1.54) is 0 Å². The molecule has 1 heterocycles. The fourth-order valence-corrected chi connectivity index (χ4v) is 2.82. The first-order valence-corrected chi connectivity index (χ1v) is 9.28. The Kier molecular flexibility index (Phi) is 6.55. The maximum Gasteiger partial charge on any atom is 0.344 e. The van der Waals surface area contributed by atoms with E-state index < -0.39 is 12.6 Å². The number of hydrogen-bond acceptors (Lipinski definition) is 7. The van der Waals surface area contributed by atoms with Gasteiger partial charge in [0.25, 0.3) is 0 Å². The second kappa shape index (κ2) is 9.47. The van der Waals surface area contributed by atoms with Crippen LogP contribution in [0.3, 0.4) is 0 Å². The third-order valence-corrected chi connectivity index (χ3v) is 4.27. The summed E-state index contributed by atoms with van der Waals surface area (Å²) in [6.45, 7) is 1.65. The molecule has 8 heteroatoms. The van der Waals surface area contributed by atoms with Gasteiger partial charge in [0.05, 0.1) is 17.6 Å². The molecule has 0 aliphatic rings. The summed E-state index contributed by atoms with van der Waals surface area (Å²) in [5.74, 6) is 0.405. The van der Waals surface area contributed by atoms with Gasteiger partial charge in [0, 0.05) is 7.05 Å². The van der Waals surface area contributed by atoms with Crippen molar-refractivity contribution in [3.8, 4) is 17.6 Å². The minimum Gasteiger partial charge on any atom is -0.507 e. The van der Waals surface area contributed by atoms with Crippen molar-refractivity contribution in [1.29, 1.82) is 5.26 Å². The zero-order valence-electron chi connectivity index (χ0n) is 16.7. The number of nitrogens with zero attached hydrogens (tertiary/aromatic N) is 3. The number of carbonyl (C=O) groups is 1. The fourth-order valence-electron chi connectivity index (χ4n) is 2.82. The van der Waals surface area contributed by atoms with E-state index in [0.29, 0.717) is 23.6 Å². The molecule has 154 valence electrons. The van der Waals surface area contributed by atoms with E-state index in [1.54, 1.807) is 35.9 Å². The highest BCUT2D eigenvalue weighted by Gasteiger charge is 2.17. The summed E-state index contributed by atoms with van der Waals surface area (Å²) >= 11 is 0. The predicted molar refractivity (Wildman–Crippen MR) is 110 cm³/mol. The molecule has 30 heavy (non-hydrogen) atoms. The fraction of sp³-hybridized carbons (Fsp3) is 0.227. The van der Waals surface area contributed by atoms with E-state index in [-0.39, 0.29) is 23.8 Å². The number of esters is 1. The Morgan fingerprint density at radius 1 is 1.10 bits per heavy atom. The van der Waals surface area contributed by atoms with E-state index in [1.807, 2.05) is 37.3 Å². The van der Waals surface area contributed by atoms with Crippen molar-refractivity contribution in [3.63, 3.8) is 0 Å². The normalized spacial score (nSPS) is 11.5. The number of aliphatic hydroxyl groups excluding tert-OH is 1. The number of benzene rings is 2. The number of aromatic nitrogens is 2. The van der Waals surface area contributed by atoms with Crippen molar-refractivity contribution in [1.82, 2.24) is 9.55 Å². The van der Waals surface area contributed by atoms with Crippen LogP contribution in [0.5, 0.6) is 11.5 Å². The number of imidazole rings is 1. The third kappa shape index (κ3) is 4.70. The van der Waals surface area contributed by atoms with E-state index >= 15 is 0 Å². The SMILES string of the molecule is CCOc1ccc(OCC(=O)OC/C(O)=C(\C#N)c2nc3ccccc3n2C)cc1. The Labute approximate surface area is 173 Å². The van der Waals surface area contributed by atoms with Gasteiger partial charge in [-0.05, 0) is 43.3 Å². The molecule has 0 fully saturated rings. The second-order valence-corrected chi connectivity index (χ2v) is 6.27. The topological polar surface area (TPSA) is 107 Å². The Morgan fingerprint density at radius 2 is 1.77 bits per heavy atom. The number of allylic oxidation sites excluding steroid dienone is 1. The third-order valence-electron chi connectivity index (χ3n) is 4.27. The first-order chi connectivity index (χ1) is 14.5. The van der Waals surface area contributed by atoms with Crippen molar-refractivity contribution < 1.29 is 24.1 Å². The van der Waals surface area contributed by atoms with Crippen LogP contribution >= 0.6 is 0 Å². The number of fused-ring (bicyclic) bond motifs is 1. The molecule has 0 aliphatic heterocycles. The monoisotopic (exact) mass is 407 g/mol. The molecule has 2 aromatic carbocycles. The number of aliphatic hydroxyl groups is 1. The van der Waals surface area contributed by atoms with Gasteiger partial charge < -0.3 is 23.9 Å². The number of ether oxygens (including phenoxy) is 3. The highest BCUT2D eigenvalue weighted by molar-refractivity contribution is 5.84. The van der Waals surface area contributed by atoms with Crippen LogP contribution in [0.1, 0.15) is 12.7 Å². The van der Waals surface area contributed by atoms with Gasteiger partial charge in [-0.2, -0.15) is 5.26 Å². The molecular formula is C22H21N3O5. The lowest BCUT2D eigenvalue weighted by Gasteiger charge is -2.09. The first-order valence-electron chi connectivity index (χ1n) is 9.28. The number of nitriles is 1. The number of rotatable bonds is 8.